The summed E-state index contributed by atoms with van der Waals surface area (Å²) in [6.07, 6.45) is 2.79. The van der Waals surface area contributed by atoms with Crippen LogP contribution in [0.3, 0.4) is 0 Å². The zero-order valence-electron chi connectivity index (χ0n) is 13.4. The van der Waals surface area contributed by atoms with E-state index in [1.54, 1.807) is 19.4 Å². The molecule has 1 amide bonds. The zero-order valence-corrected chi connectivity index (χ0v) is 13.4. The highest BCUT2D eigenvalue weighted by molar-refractivity contribution is 5.88. The van der Waals surface area contributed by atoms with Crippen molar-refractivity contribution in [3.05, 3.63) is 65.6 Å². The van der Waals surface area contributed by atoms with E-state index < -0.39 is 0 Å². The third-order valence-corrected chi connectivity index (χ3v) is 3.98. The van der Waals surface area contributed by atoms with Gasteiger partial charge in [0.2, 0.25) is 5.91 Å². The molecular formula is C19H19FN2O2. The Labute approximate surface area is 139 Å². The van der Waals surface area contributed by atoms with E-state index in [1.165, 1.54) is 12.1 Å². The van der Waals surface area contributed by atoms with Gasteiger partial charge >= 0.3 is 0 Å². The van der Waals surface area contributed by atoms with Gasteiger partial charge in [-0.05, 0) is 47.9 Å². The fourth-order valence-corrected chi connectivity index (χ4v) is 2.68. The molecule has 0 saturated carbocycles. The van der Waals surface area contributed by atoms with Crippen LogP contribution < -0.4 is 10.1 Å². The molecule has 5 heteroatoms. The van der Waals surface area contributed by atoms with Crippen molar-refractivity contribution in [1.82, 2.24) is 10.3 Å². The molecule has 0 radical (unpaired) electrons. The van der Waals surface area contributed by atoms with Crippen LogP contribution in [0.1, 0.15) is 11.1 Å². The number of hydrogen-bond donors (Lipinski definition) is 2. The van der Waals surface area contributed by atoms with Crippen LogP contribution in [0.15, 0.2) is 48.7 Å². The molecule has 0 aliphatic heterocycles. The molecule has 0 fully saturated rings. The van der Waals surface area contributed by atoms with Gasteiger partial charge < -0.3 is 15.0 Å². The average molecular weight is 326 g/mol. The predicted octanol–water partition coefficient (Wildman–Crippen LogP) is 3.22. The molecule has 124 valence electrons. The first-order valence-electron chi connectivity index (χ1n) is 7.81. The minimum atomic E-state index is -0.292. The summed E-state index contributed by atoms with van der Waals surface area (Å²) >= 11 is 0. The summed E-state index contributed by atoms with van der Waals surface area (Å²) in [4.78, 5) is 15.1. The molecule has 2 N–H and O–H groups in total. The van der Waals surface area contributed by atoms with Crippen LogP contribution in [-0.2, 0) is 17.6 Å². The van der Waals surface area contributed by atoms with Gasteiger partial charge in [0, 0.05) is 23.6 Å². The number of fused-ring (bicyclic) bond motifs is 1. The minimum absolute atomic E-state index is 0.0475. The number of hydrogen-bond acceptors (Lipinski definition) is 2. The van der Waals surface area contributed by atoms with Gasteiger partial charge in [-0.15, -0.1) is 0 Å². The summed E-state index contributed by atoms with van der Waals surface area (Å²) in [5, 5.41) is 3.79. The smallest absolute Gasteiger partial charge is 0.224 e. The summed E-state index contributed by atoms with van der Waals surface area (Å²) in [7, 11) is 1.63. The highest BCUT2D eigenvalue weighted by atomic mass is 19.1. The van der Waals surface area contributed by atoms with Crippen molar-refractivity contribution in [2.24, 2.45) is 0 Å². The maximum atomic E-state index is 13.2. The Bertz CT molecular complexity index is 840. The van der Waals surface area contributed by atoms with E-state index in [0.29, 0.717) is 12.1 Å². The Morgan fingerprint density at radius 3 is 2.75 bits per heavy atom. The average Bonchev–Trinajstić information content (AvgIpc) is 2.97. The van der Waals surface area contributed by atoms with Crippen LogP contribution in [0.5, 0.6) is 5.75 Å². The lowest BCUT2D eigenvalue weighted by Crippen LogP contribution is -2.27. The van der Waals surface area contributed by atoms with E-state index >= 15 is 0 Å². The monoisotopic (exact) mass is 326 g/mol. The Balaban J connectivity index is 1.53. The molecule has 4 nitrogen and oxygen atoms in total. The number of carbonyl (C=O) groups is 1. The van der Waals surface area contributed by atoms with Gasteiger partial charge in [-0.3, -0.25) is 4.79 Å². The molecule has 3 rings (SSSR count). The molecule has 0 aliphatic rings. The highest BCUT2D eigenvalue weighted by Gasteiger charge is 2.09. The lowest BCUT2D eigenvalue weighted by molar-refractivity contribution is -0.120. The predicted molar refractivity (Wildman–Crippen MR) is 91.7 cm³/mol. The van der Waals surface area contributed by atoms with Crippen LogP contribution in [0, 0.1) is 5.82 Å². The van der Waals surface area contributed by atoms with Gasteiger partial charge in [-0.2, -0.15) is 0 Å². The number of methoxy groups -OCH3 is 1. The minimum Gasteiger partial charge on any atom is -0.497 e. The van der Waals surface area contributed by atoms with E-state index in [2.05, 4.69) is 10.3 Å². The first-order valence-corrected chi connectivity index (χ1v) is 7.81. The van der Waals surface area contributed by atoms with Crippen LogP contribution in [0.25, 0.3) is 10.9 Å². The molecule has 2 aromatic carbocycles. The zero-order chi connectivity index (χ0) is 16.9. The molecule has 24 heavy (non-hydrogen) atoms. The van der Waals surface area contributed by atoms with E-state index in [9.17, 15) is 9.18 Å². The summed E-state index contributed by atoms with van der Waals surface area (Å²) in [6, 6.07) is 12.3. The number of aromatic amines is 1. The van der Waals surface area contributed by atoms with Gasteiger partial charge in [-0.1, -0.05) is 12.1 Å². The first-order chi connectivity index (χ1) is 11.7. The fourth-order valence-electron chi connectivity index (χ4n) is 2.68. The second-order valence-electron chi connectivity index (χ2n) is 5.63. The summed E-state index contributed by atoms with van der Waals surface area (Å²) in [5.41, 5.74) is 2.71. The van der Waals surface area contributed by atoms with E-state index in [1.807, 2.05) is 24.3 Å². The highest BCUT2D eigenvalue weighted by Crippen LogP contribution is 2.19. The number of amides is 1. The maximum Gasteiger partial charge on any atom is 0.224 e. The number of H-pyrrole nitrogens is 1. The molecule has 0 atom stereocenters. The quantitative estimate of drug-likeness (QED) is 0.731. The Morgan fingerprint density at radius 1 is 1.21 bits per heavy atom. The van der Waals surface area contributed by atoms with E-state index in [0.717, 1.165) is 28.7 Å². The van der Waals surface area contributed by atoms with Crippen molar-refractivity contribution in [2.45, 2.75) is 12.8 Å². The number of aromatic nitrogens is 1. The maximum absolute atomic E-state index is 13.2. The van der Waals surface area contributed by atoms with Crippen molar-refractivity contribution >= 4 is 16.8 Å². The summed E-state index contributed by atoms with van der Waals surface area (Å²) < 4.78 is 18.3. The number of benzene rings is 2. The largest absolute Gasteiger partial charge is 0.497 e. The summed E-state index contributed by atoms with van der Waals surface area (Å²) in [6.45, 7) is 0.572. The normalized spacial score (nSPS) is 10.8. The third kappa shape index (κ3) is 3.74. The standard InChI is InChI=1S/C19H19FN2O2/c1-24-16-5-2-13(3-6-16)8-9-21-19(23)10-14-12-22-18-11-15(20)4-7-17(14)18/h2-7,11-12,22H,8-10H2,1H3,(H,21,23). The number of ether oxygens (including phenoxy) is 1. The van der Waals surface area contributed by atoms with Gasteiger partial charge in [-0.25, -0.2) is 4.39 Å². The lowest BCUT2D eigenvalue weighted by Gasteiger charge is -2.06. The Morgan fingerprint density at radius 2 is 2.00 bits per heavy atom. The Hall–Kier alpha value is -2.82. The Kier molecular flexibility index (Phi) is 4.79. The molecule has 0 aliphatic carbocycles. The summed E-state index contributed by atoms with van der Waals surface area (Å²) in [5.74, 6) is 0.479. The first kappa shape index (κ1) is 16.1. The molecule has 0 bridgehead atoms. The van der Waals surface area contributed by atoms with Crippen LogP contribution in [0.2, 0.25) is 0 Å². The molecule has 1 heterocycles. The number of nitrogens with one attached hydrogen (secondary N) is 2. The molecule has 1 aromatic heterocycles. The van der Waals surface area contributed by atoms with Crippen LogP contribution >= 0.6 is 0 Å². The molecule has 0 saturated heterocycles. The van der Waals surface area contributed by atoms with Crippen molar-refractivity contribution in [2.75, 3.05) is 13.7 Å². The molecule has 0 unspecified atom stereocenters. The second kappa shape index (κ2) is 7.17. The van der Waals surface area contributed by atoms with Gasteiger partial charge in [0.25, 0.3) is 0 Å². The van der Waals surface area contributed by atoms with Gasteiger partial charge in [0.1, 0.15) is 11.6 Å². The molecule has 0 spiro atoms. The topological polar surface area (TPSA) is 54.1 Å². The molecule has 3 aromatic rings. The van der Waals surface area contributed by atoms with Gasteiger partial charge in [0.15, 0.2) is 0 Å². The second-order valence-corrected chi connectivity index (χ2v) is 5.63. The molecular weight excluding hydrogens is 307 g/mol. The van der Waals surface area contributed by atoms with Crippen LogP contribution in [-0.4, -0.2) is 24.5 Å². The number of carbonyl (C=O) groups excluding carboxylic acids is 1. The van der Waals surface area contributed by atoms with Crippen molar-refractivity contribution in [3.63, 3.8) is 0 Å². The number of halogens is 1. The van der Waals surface area contributed by atoms with E-state index in [-0.39, 0.29) is 18.1 Å². The van der Waals surface area contributed by atoms with Crippen molar-refractivity contribution < 1.29 is 13.9 Å². The lowest BCUT2D eigenvalue weighted by atomic mass is 10.1. The van der Waals surface area contributed by atoms with Crippen molar-refractivity contribution in [3.8, 4) is 5.75 Å². The fraction of sp³-hybridized carbons (Fsp3) is 0.211. The van der Waals surface area contributed by atoms with Crippen LogP contribution in [0.4, 0.5) is 4.39 Å². The van der Waals surface area contributed by atoms with Crippen molar-refractivity contribution in [1.29, 1.82) is 0 Å². The SMILES string of the molecule is COc1ccc(CCNC(=O)Cc2c[nH]c3cc(F)ccc23)cc1. The third-order valence-electron chi connectivity index (χ3n) is 3.98. The number of rotatable bonds is 6. The van der Waals surface area contributed by atoms with Gasteiger partial charge in [0.05, 0.1) is 13.5 Å². The van der Waals surface area contributed by atoms with E-state index in [4.69, 9.17) is 4.74 Å².